The van der Waals surface area contributed by atoms with E-state index in [0.29, 0.717) is 6.04 Å². The lowest BCUT2D eigenvalue weighted by Gasteiger charge is -2.38. The second-order valence-corrected chi connectivity index (χ2v) is 5.56. The van der Waals surface area contributed by atoms with Gasteiger partial charge in [0.25, 0.3) is 0 Å². The van der Waals surface area contributed by atoms with Crippen molar-refractivity contribution in [2.75, 3.05) is 38.1 Å². The predicted octanol–water partition coefficient (Wildman–Crippen LogP) is 2.11. The van der Waals surface area contributed by atoms with E-state index < -0.39 is 0 Å². The zero-order valence-corrected chi connectivity index (χ0v) is 13.1. The third kappa shape index (κ3) is 3.70. The molecule has 0 saturated carbocycles. The molecule has 1 fully saturated rings. The van der Waals surface area contributed by atoms with Crippen molar-refractivity contribution >= 4 is 5.69 Å². The van der Waals surface area contributed by atoms with E-state index >= 15 is 0 Å². The summed E-state index contributed by atoms with van der Waals surface area (Å²) in [5, 5.41) is 3.40. The number of pyridine rings is 1. The van der Waals surface area contributed by atoms with Gasteiger partial charge in [0.2, 0.25) is 0 Å². The number of hydrogen-bond donors (Lipinski definition) is 1. The van der Waals surface area contributed by atoms with Gasteiger partial charge in [-0.3, -0.25) is 4.98 Å². The first kappa shape index (κ1) is 15.3. The van der Waals surface area contributed by atoms with Crippen molar-refractivity contribution in [3.63, 3.8) is 0 Å². The maximum absolute atomic E-state index is 4.28. The first-order chi connectivity index (χ1) is 9.76. The minimum Gasteiger partial charge on any atom is -0.371 e. The van der Waals surface area contributed by atoms with Crippen molar-refractivity contribution in [3.8, 4) is 0 Å². The van der Waals surface area contributed by atoms with Gasteiger partial charge in [-0.05, 0) is 32.0 Å². The summed E-state index contributed by atoms with van der Waals surface area (Å²) in [7, 11) is 2.23. The largest absolute Gasteiger partial charge is 0.371 e. The third-order valence-corrected chi connectivity index (χ3v) is 4.38. The number of anilines is 1. The van der Waals surface area contributed by atoms with Crippen LogP contribution in [-0.4, -0.2) is 49.2 Å². The molecule has 0 radical (unpaired) electrons. The average Bonchev–Trinajstić information content (AvgIpc) is 2.52. The molecule has 1 aliphatic rings. The molecule has 2 rings (SSSR count). The van der Waals surface area contributed by atoms with E-state index in [1.807, 2.05) is 12.4 Å². The highest BCUT2D eigenvalue weighted by Gasteiger charge is 2.22. The van der Waals surface area contributed by atoms with Crippen LogP contribution in [0.5, 0.6) is 0 Å². The fraction of sp³-hybridized carbons (Fsp3) is 0.688. The van der Waals surface area contributed by atoms with E-state index in [0.717, 1.165) is 13.1 Å². The molecule has 1 aliphatic heterocycles. The first-order valence-electron chi connectivity index (χ1n) is 7.85. The summed E-state index contributed by atoms with van der Waals surface area (Å²) >= 11 is 0. The maximum atomic E-state index is 4.28. The predicted molar refractivity (Wildman–Crippen MR) is 85.2 cm³/mol. The van der Waals surface area contributed by atoms with Gasteiger partial charge in [0.15, 0.2) is 0 Å². The molecule has 20 heavy (non-hydrogen) atoms. The van der Waals surface area contributed by atoms with Crippen LogP contribution in [0.2, 0.25) is 0 Å². The Morgan fingerprint density at radius 1 is 1.35 bits per heavy atom. The van der Waals surface area contributed by atoms with Crippen LogP contribution in [0.4, 0.5) is 5.69 Å². The molecule has 0 bridgehead atoms. The number of rotatable bonds is 6. The number of piperidine rings is 1. The Morgan fingerprint density at radius 3 is 2.75 bits per heavy atom. The van der Waals surface area contributed by atoms with Crippen LogP contribution in [-0.2, 0) is 6.54 Å². The van der Waals surface area contributed by atoms with Gasteiger partial charge >= 0.3 is 0 Å². The summed E-state index contributed by atoms with van der Waals surface area (Å²) in [5.41, 5.74) is 2.63. The van der Waals surface area contributed by atoms with Crippen molar-refractivity contribution in [3.05, 3.63) is 24.0 Å². The molecule has 4 heteroatoms. The van der Waals surface area contributed by atoms with E-state index in [4.69, 9.17) is 0 Å². The summed E-state index contributed by atoms with van der Waals surface area (Å²) in [4.78, 5) is 9.27. The second-order valence-electron chi connectivity index (χ2n) is 5.56. The summed E-state index contributed by atoms with van der Waals surface area (Å²) in [6, 6.07) is 2.80. The van der Waals surface area contributed by atoms with Gasteiger partial charge in [-0.15, -0.1) is 0 Å². The van der Waals surface area contributed by atoms with Crippen LogP contribution in [0.1, 0.15) is 32.3 Å². The lowest BCUT2D eigenvalue weighted by molar-refractivity contribution is 0.220. The number of aromatic nitrogens is 1. The van der Waals surface area contributed by atoms with Crippen molar-refractivity contribution < 1.29 is 0 Å². The topological polar surface area (TPSA) is 31.4 Å². The van der Waals surface area contributed by atoms with Gasteiger partial charge in [0.05, 0.1) is 0 Å². The van der Waals surface area contributed by atoms with Crippen molar-refractivity contribution in [1.29, 1.82) is 0 Å². The Labute approximate surface area is 123 Å². The fourth-order valence-corrected chi connectivity index (χ4v) is 2.98. The molecule has 0 amide bonds. The second kappa shape index (κ2) is 7.60. The molecule has 0 aliphatic carbocycles. The molecule has 1 N–H and O–H groups in total. The minimum absolute atomic E-state index is 0.653. The Hall–Kier alpha value is -1.13. The molecule has 112 valence electrons. The van der Waals surface area contributed by atoms with Crippen molar-refractivity contribution in [2.24, 2.45) is 0 Å². The quantitative estimate of drug-likeness (QED) is 0.862. The zero-order valence-electron chi connectivity index (χ0n) is 13.1. The minimum atomic E-state index is 0.653. The molecular weight excluding hydrogens is 248 g/mol. The molecule has 2 heterocycles. The standard InChI is InChI=1S/C16H28N4/c1-4-17-12-14-13-18-9-6-16(14)19(3)15-7-10-20(5-2)11-8-15/h6,9,13,15,17H,4-5,7-8,10-12H2,1-3H3. The van der Waals surface area contributed by atoms with Crippen LogP contribution in [0.15, 0.2) is 18.5 Å². The highest BCUT2D eigenvalue weighted by Crippen LogP contribution is 2.24. The SMILES string of the molecule is CCNCc1cnccc1N(C)C1CCN(CC)CC1. The Kier molecular flexibility index (Phi) is 5.80. The maximum Gasteiger partial charge on any atom is 0.0442 e. The van der Waals surface area contributed by atoms with E-state index in [-0.39, 0.29) is 0 Å². The number of nitrogens with zero attached hydrogens (tertiary/aromatic N) is 3. The Balaban J connectivity index is 2.03. The summed E-state index contributed by atoms with van der Waals surface area (Å²) < 4.78 is 0. The van der Waals surface area contributed by atoms with Crippen LogP contribution >= 0.6 is 0 Å². The van der Waals surface area contributed by atoms with Crippen LogP contribution in [0.25, 0.3) is 0 Å². The van der Waals surface area contributed by atoms with E-state index in [2.05, 4.69) is 47.1 Å². The highest BCUT2D eigenvalue weighted by molar-refractivity contribution is 5.52. The molecule has 1 aromatic heterocycles. The van der Waals surface area contributed by atoms with Gasteiger partial charge in [-0.2, -0.15) is 0 Å². The number of nitrogens with one attached hydrogen (secondary N) is 1. The summed E-state index contributed by atoms with van der Waals surface area (Å²) in [6.07, 6.45) is 6.42. The third-order valence-electron chi connectivity index (χ3n) is 4.38. The molecule has 1 aromatic rings. The van der Waals surface area contributed by atoms with E-state index in [1.54, 1.807) is 0 Å². The van der Waals surface area contributed by atoms with Crippen LogP contribution in [0.3, 0.4) is 0 Å². The lowest BCUT2D eigenvalue weighted by atomic mass is 10.0. The summed E-state index contributed by atoms with van der Waals surface area (Å²) in [6.45, 7) is 9.90. The van der Waals surface area contributed by atoms with Crippen LogP contribution in [0, 0.1) is 0 Å². The van der Waals surface area contributed by atoms with E-state index in [9.17, 15) is 0 Å². The van der Waals surface area contributed by atoms with Gasteiger partial charge in [0.1, 0.15) is 0 Å². The molecular formula is C16H28N4. The Bertz CT molecular complexity index is 399. The fourth-order valence-electron chi connectivity index (χ4n) is 2.98. The molecule has 0 spiro atoms. The average molecular weight is 276 g/mol. The first-order valence-corrected chi connectivity index (χ1v) is 7.85. The van der Waals surface area contributed by atoms with Gasteiger partial charge in [-0.1, -0.05) is 13.8 Å². The van der Waals surface area contributed by atoms with Crippen molar-refractivity contribution in [2.45, 2.75) is 39.3 Å². The molecule has 4 nitrogen and oxygen atoms in total. The molecule has 0 atom stereocenters. The molecule has 0 unspecified atom stereocenters. The summed E-state index contributed by atoms with van der Waals surface area (Å²) in [5.74, 6) is 0. The number of hydrogen-bond acceptors (Lipinski definition) is 4. The lowest BCUT2D eigenvalue weighted by Crippen LogP contribution is -2.43. The van der Waals surface area contributed by atoms with Gasteiger partial charge in [0, 0.05) is 56.4 Å². The van der Waals surface area contributed by atoms with Crippen LogP contribution < -0.4 is 10.2 Å². The molecule has 1 saturated heterocycles. The monoisotopic (exact) mass is 276 g/mol. The van der Waals surface area contributed by atoms with Crippen molar-refractivity contribution in [1.82, 2.24) is 15.2 Å². The number of likely N-dealkylation sites (tertiary alicyclic amines) is 1. The zero-order chi connectivity index (χ0) is 14.4. The normalized spacial score (nSPS) is 17.4. The van der Waals surface area contributed by atoms with Gasteiger partial charge < -0.3 is 15.1 Å². The Morgan fingerprint density at radius 2 is 2.10 bits per heavy atom. The van der Waals surface area contributed by atoms with E-state index in [1.165, 1.54) is 43.7 Å². The highest BCUT2D eigenvalue weighted by atomic mass is 15.2. The van der Waals surface area contributed by atoms with Gasteiger partial charge in [-0.25, -0.2) is 0 Å². The smallest absolute Gasteiger partial charge is 0.0442 e. The molecule has 0 aromatic carbocycles.